The van der Waals surface area contributed by atoms with Crippen LogP contribution in [0.1, 0.15) is 30.7 Å². The third kappa shape index (κ3) is 4.00. The summed E-state index contributed by atoms with van der Waals surface area (Å²) in [4.78, 5) is 8.33. The molecule has 1 saturated carbocycles. The fourth-order valence-corrected chi connectivity index (χ4v) is 1.59. The van der Waals surface area contributed by atoms with Crippen molar-refractivity contribution in [2.24, 2.45) is 0 Å². The zero-order valence-corrected chi connectivity index (χ0v) is 10.0. The predicted octanol–water partition coefficient (Wildman–Crippen LogP) is 1.21. The van der Waals surface area contributed by atoms with Crippen LogP contribution in [0.5, 0.6) is 0 Å². The lowest BCUT2D eigenvalue weighted by Gasteiger charge is -2.06. The maximum Gasteiger partial charge on any atom is 0.224 e. The molecule has 1 heterocycles. The third-order valence-electron chi connectivity index (χ3n) is 2.62. The van der Waals surface area contributed by atoms with Crippen LogP contribution in [0.25, 0.3) is 0 Å². The van der Waals surface area contributed by atoms with Gasteiger partial charge in [0.1, 0.15) is 11.8 Å². The van der Waals surface area contributed by atoms with Crippen molar-refractivity contribution in [2.45, 2.75) is 32.2 Å². The quantitative estimate of drug-likeness (QED) is 0.720. The van der Waals surface area contributed by atoms with Crippen molar-refractivity contribution in [3.05, 3.63) is 17.5 Å². The lowest BCUT2D eigenvalue weighted by molar-refractivity contribution is 0.658. The molecule has 1 fully saturated rings. The molecule has 0 aliphatic heterocycles. The average molecular weight is 231 g/mol. The molecule has 17 heavy (non-hydrogen) atoms. The summed E-state index contributed by atoms with van der Waals surface area (Å²) < 4.78 is 0. The van der Waals surface area contributed by atoms with E-state index in [1.165, 1.54) is 12.8 Å². The van der Waals surface area contributed by atoms with E-state index in [0.29, 0.717) is 11.6 Å². The van der Waals surface area contributed by atoms with Crippen LogP contribution < -0.4 is 10.6 Å². The van der Waals surface area contributed by atoms with E-state index in [1.54, 1.807) is 6.07 Å². The summed E-state index contributed by atoms with van der Waals surface area (Å²) in [7, 11) is 0. The molecule has 2 rings (SSSR count). The topological polar surface area (TPSA) is 73.6 Å². The van der Waals surface area contributed by atoms with Crippen LogP contribution >= 0.6 is 0 Å². The van der Waals surface area contributed by atoms with Crippen LogP contribution in [0.15, 0.2) is 6.07 Å². The number of nitrogens with zero attached hydrogens (tertiary/aromatic N) is 3. The molecule has 1 aliphatic carbocycles. The summed E-state index contributed by atoms with van der Waals surface area (Å²) in [6.07, 6.45) is 3.68. The van der Waals surface area contributed by atoms with Crippen LogP contribution in [0.4, 0.5) is 5.95 Å². The van der Waals surface area contributed by atoms with Gasteiger partial charge in [0.05, 0.1) is 0 Å². The number of nitriles is 1. The Labute approximate surface area is 101 Å². The number of aromatic nitrogens is 2. The van der Waals surface area contributed by atoms with E-state index in [9.17, 15) is 0 Å². The van der Waals surface area contributed by atoms with Crippen LogP contribution in [0, 0.1) is 18.3 Å². The summed E-state index contributed by atoms with van der Waals surface area (Å²) in [5.74, 6) is 0.549. The van der Waals surface area contributed by atoms with Crippen LogP contribution in [-0.4, -0.2) is 29.1 Å². The van der Waals surface area contributed by atoms with Crippen molar-refractivity contribution >= 4 is 5.95 Å². The lowest BCUT2D eigenvalue weighted by atomic mass is 10.3. The second-order valence-corrected chi connectivity index (χ2v) is 4.34. The minimum atomic E-state index is 0.413. The van der Waals surface area contributed by atoms with E-state index in [-0.39, 0.29) is 0 Å². The number of hydrogen-bond donors (Lipinski definition) is 2. The van der Waals surface area contributed by atoms with Gasteiger partial charge in [0.2, 0.25) is 5.95 Å². The molecule has 90 valence electrons. The molecule has 0 saturated heterocycles. The summed E-state index contributed by atoms with van der Waals surface area (Å²) >= 11 is 0. The second-order valence-electron chi connectivity index (χ2n) is 4.34. The van der Waals surface area contributed by atoms with Gasteiger partial charge in [0, 0.05) is 18.3 Å². The number of aryl methyl sites for hydroxylation is 1. The maximum atomic E-state index is 8.79. The predicted molar refractivity (Wildman–Crippen MR) is 65.6 cm³/mol. The molecule has 1 aromatic heterocycles. The molecule has 1 aromatic rings. The molecule has 0 spiro atoms. The van der Waals surface area contributed by atoms with Crippen LogP contribution in [-0.2, 0) is 0 Å². The SMILES string of the molecule is Cc1cc(C#N)nc(NCCCNC2CC2)n1. The Bertz CT molecular complexity index is 419. The maximum absolute atomic E-state index is 8.79. The fourth-order valence-electron chi connectivity index (χ4n) is 1.59. The summed E-state index contributed by atoms with van der Waals surface area (Å²) in [6, 6.07) is 4.47. The minimum Gasteiger partial charge on any atom is -0.354 e. The molecular weight excluding hydrogens is 214 g/mol. The molecule has 0 radical (unpaired) electrons. The lowest BCUT2D eigenvalue weighted by Crippen LogP contribution is -2.20. The first-order valence-electron chi connectivity index (χ1n) is 6.01. The fraction of sp³-hybridized carbons (Fsp3) is 0.583. The summed E-state index contributed by atoms with van der Waals surface area (Å²) in [5, 5.41) is 15.4. The molecule has 0 bridgehead atoms. The molecule has 5 nitrogen and oxygen atoms in total. The molecule has 5 heteroatoms. The summed E-state index contributed by atoms with van der Waals surface area (Å²) in [6.45, 7) is 3.71. The van der Waals surface area contributed by atoms with Gasteiger partial charge < -0.3 is 10.6 Å². The first kappa shape index (κ1) is 11.8. The zero-order valence-electron chi connectivity index (χ0n) is 10.0. The van der Waals surface area contributed by atoms with E-state index in [4.69, 9.17) is 5.26 Å². The highest BCUT2D eigenvalue weighted by Gasteiger charge is 2.19. The zero-order chi connectivity index (χ0) is 12.1. The van der Waals surface area contributed by atoms with E-state index >= 15 is 0 Å². The Balaban J connectivity index is 1.73. The highest BCUT2D eigenvalue weighted by molar-refractivity contribution is 5.32. The van der Waals surface area contributed by atoms with E-state index in [2.05, 4.69) is 20.6 Å². The van der Waals surface area contributed by atoms with E-state index in [1.807, 2.05) is 13.0 Å². The highest BCUT2D eigenvalue weighted by atomic mass is 15.1. The number of rotatable bonds is 6. The highest BCUT2D eigenvalue weighted by Crippen LogP contribution is 2.18. The van der Waals surface area contributed by atoms with Crippen molar-refractivity contribution in [1.82, 2.24) is 15.3 Å². The van der Waals surface area contributed by atoms with Gasteiger partial charge in [-0.1, -0.05) is 0 Å². The molecule has 0 aromatic carbocycles. The monoisotopic (exact) mass is 231 g/mol. The Morgan fingerprint density at radius 1 is 1.41 bits per heavy atom. The van der Waals surface area contributed by atoms with Gasteiger partial charge in [-0.15, -0.1) is 0 Å². The first-order chi connectivity index (χ1) is 8.28. The second kappa shape index (κ2) is 5.60. The number of nitrogens with one attached hydrogen (secondary N) is 2. The van der Waals surface area contributed by atoms with Crippen LogP contribution in [0.3, 0.4) is 0 Å². The molecule has 0 amide bonds. The van der Waals surface area contributed by atoms with Crippen molar-refractivity contribution in [1.29, 1.82) is 5.26 Å². The van der Waals surface area contributed by atoms with Gasteiger partial charge in [0.15, 0.2) is 0 Å². The molecular formula is C12H17N5. The summed E-state index contributed by atoms with van der Waals surface area (Å²) in [5.41, 5.74) is 1.23. The van der Waals surface area contributed by atoms with Gasteiger partial charge in [-0.2, -0.15) is 5.26 Å². The van der Waals surface area contributed by atoms with Gasteiger partial charge in [-0.25, -0.2) is 9.97 Å². The molecule has 0 unspecified atom stereocenters. The standard InChI is InChI=1S/C12H17N5/c1-9-7-11(8-13)17-12(16-9)15-6-2-5-14-10-3-4-10/h7,10,14H,2-6H2,1H3,(H,15,16,17). The first-order valence-corrected chi connectivity index (χ1v) is 6.01. The Kier molecular flexibility index (Phi) is 3.89. The Hall–Kier alpha value is -1.67. The average Bonchev–Trinajstić information content (AvgIpc) is 3.12. The third-order valence-corrected chi connectivity index (χ3v) is 2.62. The van der Waals surface area contributed by atoms with Crippen molar-refractivity contribution in [3.63, 3.8) is 0 Å². The minimum absolute atomic E-state index is 0.413. The van der Waals surface area contributed by atoms with Crippen LogP contribution in [0.2, 0.25) is 0 Å². The van der Waals surface area contributed by atoms with Crippen molar-refractivity contribution in [3.8, 4) is 6.07 Å². The van der Waals surface area contributed by atoms with Gasteiger partial charge in [-0.05, 0) is 38.8 Å². The number of anilines is 1. The molecule has 2 N–H and O–H groups in total. The Morgan fingerprint density at radius 2 is 2.24 bits per heavy atom. The molecule has 1 aliphatic rings. The van der Waals surface area contributed by atoms with Crippen molar-refractivity contribution in [2.75, 3.05) is 18.4 Å². The largest absolute Gasteiger partial charge is 0.354 e. The van der Waals surface area contributed by atoms with Gasteiger partial charge in [-0.3, -0.25) is 0 Å². The van der Waals surface area contributed by atoms with Crippen molar-refractivity contribution < 1.29 is 0 Å². The smallest absolute Gasteiger partial charge is 0.224 e. The number of hydrogen-bond acceptors (Lipinski definition) is 5. The Morgan fingerprint density at radius 3 is 2.94 bits per heavy atom. The van der Waals surface area contributed by atoms with E-state index in [0.717, 1.165) is 31.2 Å². The van der Waals surface area contributed by atoms with Gasteiger partial charge in [0.25, 0.3) is 0 Å². The normalized spacial score (nSPS) is 14.4. The van der Waals surface area contributed by atoms with E-state index < -0.39 is 0 Å². The molecule has 0 atom stereocenters. The van der Waals surface area contributed by atoms with Gasteiger partial charge >= 0.3 is 0 Å².